The molecule has 1 aromatic heterocycles. The molecule has 0 atom stereocenters. The molecule has 1 heterocycles. The van der Waals surface area contributed by atoms with Crippen LogP contribution in [0, 0.1) is 11.3 Å². The minimum absolute atomic E-state index is 0.0616. The van der Waals surface area contributed by atoms with E-state index in [0.717, 1.165) is 17.7 Å². The molecule has 0 radical (unpaired) electrons. The molecule has 0 unspecified atom stereocenters. The van der Waals surface area contributed by atoms with Gasteiger partial charge in [0.25, 0.3) is 0 Å². The van der Waals surface area contributed by atoms with Crippen LogP contribution in [0.3, 0.4) is 0 Å². The fraction of sp³-hybridized carbons (Fsp3) is 0.333. The minimum Gasteiger partial charge on any atom is -0.468 e. The summed E-state index contributed by atoms with van der Waals surface area (Å²) in [6.45, 7) is 1.84. The fourth-order valence-corrected chi connectivity index (χ4v) is 2.43. The van der Waals surface area contributed by atoms with Gasteiger partial charge in [0.2, 0.25) is 5.91 Å². The highest BCUT2D eigenvalue weighted by molar-refractivity contribution is 6.30. The summed E-state index contributed by atoms with van der Waals surface area (Å²) < 4.78 is 5.31. The number of halogens is 1. The number of furan rings is 1. The van der Waals surface area contributed by atoms with Crippen LogP contribution in [0.4, 0.5) is 0 Å². The third-order valence-electron chi connectivity index (χ3n) is 3.52. The van der Waals surface area contributed by atoms with Gasteiger partial charge in [-0.15, -0.1) is 0 Å². The number of nitriles is 1. The number of carbonyl (C=O) groups excluding carboxylic acids is 1. The number of nitrogens with zero attached hydrogens (tertiary/aromatic N) is 2. The Balaban J connectivity index is 1.76. The summed E-state index contributed by atoms with van der Waals surface area (Å²) >= 11 is 5.85. The molecule has 0 saturated heterocycles. The van der Waals surface area contributed by atoms with Crippen LogP contribution in [0.25, 0.3) is 0 Å². The minimum atomic E-state index is -0.0616. The van der Waals surface area contributed by atoms with Gasteiger partial charge in [0, 0.05) is 24.5 Å². The highest BCUT2D eigenvalue weighted by Crippen LogP contribution is 2.09. The molecule has 0 bridgehead atoms. The standard InChI is InChI=1S/C18H20ClN3O2/c19-16-6-4-15(5-7-16)8-10-21-18(23)14-22(11-2-9-20)13-17-3-1-12-24-17/h1,3-7,12H,2,8,10-11,13-14H2,(H,21,23). The van der Waals surface area contributed by atoms with E-state index in [2.05, 4.69) is 11.4 Å². The molecule has 0 saturated carbocycles. The van der Waals surface area contributed by atoms with Gasteiger partial charge in [-0.05, 0) is 36.2 Å². The maximum Gasteiger partial charge on any atom is 0.234 e. The van der Waals surface area contributed by atoms with Crippen LogP contribution in [0.5, 0.6) is 0 Å². The van der Waals surface area contributed by atoms with Gasteiger partial charge in [0.1, 0.15) is 5.76 Å². The molecule has 0 aliphatic carbocycles. The maximum atomic E-state index is 12.1. The summed E-state index contributed by atoms with van der Waals surface area (Å²) in [5, 5.41) is 12.4. The lowest BCUT2D eigenvalue weighted by molar-refractivity contribution is -0.122. The average molecular weight is 346 g/mol. The van der Waals surface area contributed by atoms with Gasteiger partial charge in [-0.2, -0.15) is 5.26 Å². The highest BCUT2D eigenvalue weighted by atomic mass is 35.5. The van der Waals surface area contributed by atoms with E-state index < -0.39 is 0 Å². The van der Waals surface area contributed by atoms with E-state index in [9.17, 15) is 4.79 Å². The van der Waals surface area contributed by atoms with Crippen molar-refractivity contribution in [3.63, 3.8) is 0 Å². The van der Waals surface area contributed by atoms with Crippen molar-refractivity contribution in [2.24, 2.45) is 0 Å². The molecule has 1 aromatic carbocycles. The van der Waals surface area contributed by atoms with Crippen molar-refractivity contribution >= 4 is 17.5 Å². The molecule has 1 N–H and O–H groups in total. The Bertz CT molecular complexity index is 663. The van der Waals surface area contributed by atoms with E-state index in [0.29, 0.717) is 31.1 Å². The molecule has 126 valence electrons. The molecule has 0 spiro atoms. The van der Waals surface area contributed by atoms with Crippen LogP contribution in [0.15, 0.2) is 47.1 Å². The van der Waals surface area contributed by atoms with E-state index in [1.165, 1.54) is 0 Å². The first-order chi connectivity index (χ1) is 11.7. The van der Waals surface area contributed by atoms with Gasteiger partial charge in [-0.1, -0.05) is 23.7 Å². The number of benzene rings is 1. The Morgan fingerprint density at radius 2 is 2.08 bits per heavy atom. The van der Waals surface area contributed by atoms with Crippen molar-refractivity contribution in [3.8, 4) is 6.07 Å². The summed E-state index contributed by atoms with van der Waals surface area (Å²) in [5.74, 6) is 0.718. The fourth-order valence-electron chi connectivity index (χ4n) is 2.30. The Morgan fingerprint density at radius 3 is 2.75 bits per heavy atom. The smallest absolute Gasteiger partial charge is 0.234 e. The topological polar surface area (TPSA) is 69.3 Å². The molecule has 6 heteroatoms. The van der Waals surface area contributed by atoms with Crippen LogP contribution in [0.1, 0.15) is 17.7 Å². The first-order valence-corrected chi connectivity index (χ1v) is 8.18. The average Bonchev–Trinajstić information content (AvgIpc) is 3.07. The second-order valence-corrected chi connectivity index (χ2v) is 5.86. The molecular weight excluding hydrogens is 326 g/mol. The first-order valence-electron chi connectivity index (χ1n) is 7.80. The summed E-state index contributed by atoms with van der Waals surface area (Å²) in [6.07, 6.45) is 2.72. The monoisotopic (exact) mass is 345 g/mol. The van der Waals surface area contributed by atoms with Crippen LogP contribution in [0.2, 0.25) is 5.02 Å². The molecule has 5 nitrogen and oxygen atoms in total. The normalized spacial score (nSPS) is 10.5. The van der Waals surface area contributed by atoms with Crippen LogP contribution in [-0.4, -0.2) is 30.4 Å². The lowest BCUT2D eigenvalue weighted by atomic mass is 10.1. The van der Waals surface area contributed by atoms with Gasteiger partial charge in [0.15, 0.2) is 0 Å². The summed E-state index contributed by atoms with van der Waals surface area (Å²) in [6, 6.07) is 13.3. The van der Waals surface area contributed by atoms with Crippen molar-refractivity contribution in [1.29, 1.82) is 5.26 Å². The largest absolute Gasteiger partial charge is 0.468 e. The molecule has 0 aliphatic heterocycles. The van der Waals surface area contributed by atoms with Gasteiger partial charge in [-0.3, -0.25) is 9.69 Å². The molecule has 2 aromatic rings. The van der Waals surface area contributed by atoms with Crippen LogP contribution >= 0.6 is 11.6 Å². The lowest BCUT2D eigenvalue weighted by Crippen LogP contribution is -2.38. The zero-order chi connectivity index (χ0) is 17.2. The molecule has 24 heavy (non-hydrogen) atoms. The van der Waals surface area contributed by atoms with Gasteiger partial charge in [0.05, 0.1) is 25.4 Å². The van der Waals surface area contributed by atoms with Gasteiger partial charge in [-0.25, -0.2) is 0 Å². The van der Waals surface area contributed by atoms with Gasteiger partial charge < -0.3 is 9.73 Å². The van der Waals surface area contributed by atoms with Crippen molar-refractivity contribution in [2.75, 3.05) is 19.6 Å². The second kappa shape index (κ2) is 9.76. The SMILES string of the molecule is N#CCCN(CC(=O)NCCc1ccc(Cl)cc1)Cc1ccco1. The number of nitrogens with one attached hydrogen (secondary N) is 1. The van der Waals surface area contributed by atoms with Gasteiger partial charge >= 0.3 is 0 Å². The van der Waals surface area contributed by atoms with E-state index >= 15 is 0 Å². The highest BCUT2D eigenvalue weighted by Gasteiger charge is 2.12. The number of rotatable bonds is 9. The molecule has 2 rings (SSSR count). The molecular formula is C18H20ClN3O2. The van der Waals surface area contributed by atoms with E-state index in [-0.39, 0.29) is 12.5 Å². The third kappa shape index (κ3) is 6.45. The van der Waals surface area contributed by atoms with Crippen LogP contribution < -0.4 is 5.32 Å². The maximum absolute atomic E-state index is 12.1. The number of amides is 1. The van der Waals surface area contributed by atoms with Crippen molar-refractivity contribution in [1.82, 2.24) is 10.2 Å². The zero-order valence-corrected chi connectivity index (χ0v) is 14.1. The van der Waals surface area contributed by atoms with Crippen molar-refractivity contribution in [3.05, 3.63) is 59.0 Å². The van der Waals surface area contributed by atoms with Crippen molar-refractivity contribution in [2.45, 2.75) is 19.4 Å². The zero-order valence-electron chi connectivity index (χ0n) is 13.4. The Kier molecular flexibility index (Phi) is 7.34. The quantitative estimate of drug-likeness (QED) is 0.758. The molecule has 1 amide bonds. The van der Waals surface area contributed by atoms with Crippen molar-refractivity contribution < 1.29 is 9.21 Å². The third-order valence-corrected chi connectivity index (χ3v) is 3.77. The Morgan fingerprint density at radius 1 is 1.29 bits per heavy atom. The number of hydrogen-bond donors (Lipinski definition) is 1. The van der Waals surface area contributed by atoms with E-state index in [4.69, 9.17) is 21.3 Å². The number of hydrogen-bond acceptors (Lipinski definition) is 4. The first kappa shape index (κ1) is 18.1. The summed E-state index contributed by atoms with van der Waals surface area (Å²) in [5.41, 5.74) is 1.12. The number of carbonyl (C=O) groups is 1. The summed E-state index contributed by atoms with van der Waals surface area (Å²) in [7, 11) is 0. The predicted octanol–water partition coefficient (Wildman–Crippen LogP) is 3.01. The lowest BCUT2D eigenvalue weighted by Gasteiger charge is -2.19. The van der Waals surface area contributed by atoms with E-state index in [1.807, 2.05) is 41.3 Å². The van der Waals surface area contributed by atoms with Crippen LogP contribution in [-0.2, 0) is 17.8 Å². The predicted molar refractivity (Wildman–Crippen MR) is 92.4 cm³/mol. The molecule has 0 fully saturated rings. The summed E-state index contributed by atoms with van der Waals surface area (Å²) in [4.78, 5) is 14.0. The Hall–Kier alpha value is -2.29. The molecule has 0 aliphatic rings. The Labute approximate surface area is 146 Å². The second-order valence-electron chi connectivity index (χ2n) is 5.42. The van der Waals surface area contributed by atoms with E-state index in [1.54, 1.807) is 6.26 Å².